The summed E-state index contributed by atoms with van der Waals surface area (Å²) in [6.07, 6.45) is 5.40. The Morgan fingerprint density at radius 1 is 1.00 bits per heavy atom. The van der Waals surface area contributed by atoms with Gasteiger partial charge in [0.05, 0.1) is 0 Å². The minimum Gasteiger partial charge on any atom is -0.481 e. The summed E-state index contributed by atoms with van der Waals surface area (Å²) in [7, 11) is 0. The van der Waals surface area contributed by atoms with Gasteiger partial charge < -0.3 is 10.2 Å². The van der Waals surface area contributed by atoms with Gasteiger partial charge in [-0.1, -0.05) is 32.1 Å². The van der Waals surface area contributed by atoms with E-state index in [1.165, 1.54) is 6.42 Å². The average molecular weight is 214 g/mol. The van der Waals surface area contributed by atoms with Crippen LogP contribution in [-0.2, 0) is 9.59 Å². The van der Waals surface area contributed by atoms with Crippen LogP contribution in [0.3, 0.4) is 0 Å². The van der Waals surface area contributed by atoms with E-state index >= 15 is 0 Å². The number of carbonyl (C=O) groups is 2. The molecule has 0 aromatic carbocycles. The minimum absolute atomic E-state index is 0.00301. The molecule has 1 rings (SSSR count). The maximum Gasteiger partial charge on any atom is 0.303 e. The molecule has 1 aliphatic carbocycles. The Kier molecular flexibility index (Phi) is 4.59. The first-order valence-corrected chi connectivity index (χ1v) is 5.53. The summed E-state index contributed by atoms with van der Waals surface area (Å²) in [4.78, 5) is 21.3. The van der Waals surface area contributed by atoms with Crippen LogP contribution in [0, 0.1) is 11.8 Å². The molecule has 15 heavy (non-hydrogen) atoms. The summed E-state index contributed by atoms with van der Waals surface area (Å²) in [5.74, 6) is -1.65. The van der Waals surface area contributed by atoms with E-state index in [1.807, 2.05) is 0 Å². The summed E-state index contributed by atoms with van der Waals surface area (Å²) in [6, 6.07) is 0. The Morgan fingerprint density at radius 2 is 1.47 bits per heavy atom. The van der Waals surface area contributed by atoms with Gasteiger partial charge in [-0.25, -0.2) is 0 Å². The van der Waals surface area contributed by atoms with Crippen molar-refractivity contribution in [3.63, 3.8) is 0 Å². The van der Waals surface area contributed by atoms with Gasteiger partial charge in [0.1, 0.15) is 0 Å². The second-order valence-electron chi connectivity index (χ2n) is 4.35. The third-order valence-electron chi connectivity index (χ3n) is 3.19. The van der Waals surface area contributed by atoms with Gasteiger partial charge in [-0.3, -0.25) is 9.59 Å². The summed E-state index contributed by atoms with van der Waals surface area (Å²) in [5, 5.41) is 17.5. The monoisotopic (exact) mass is 214 g/mol. The first-order chi connectivity index (χ1) is 7.09. The summed E-state index contributed by atoms with van der Waals surface area (Å²) < 4.78 is 0. The molecule has 0 unspecified atom stereocenters. The number of hydrogen-bond donors (Lipinski definition) is 2. The lowest BCUT2D eigenvalue weighted by atomic mass is 9.77. The van der Waals surface area contributed by atoms with Crippen molar-refractivity contribution in [3.8, 4) is 0 Å². The standard InChI is InChI=1S/C11H18O4/c12-10(13)6-9(7-11(14)15)8-4-2-1-3-5-8/h8-9H,1-7H2,(H,12,13)(H,14,15). The van der Waals surface area contributed by atoms with E-state index in [2.05, 4.69) is 0 Å². The molecule has 0 aromatic heterocycles. The van der Waals surface area contributed by atoms with Crippen LogP contribution in [0.4, 0.5) is 0 Å². The Morgan fingerprint density at radius 3 is 1.87 bits per heavy atom. The normalized spacial score (nSPS) is 17.9. The van der Waals surface area contributed by atoms with Crippen LogP contribution in [-0.4, -0.2) is 22.2 Å². The van der Waals surface area contributed by atoms with Crippen molar-refractivity contribution in [3.05, 3.63) is 0 Å². The Balaban J connectivity index is 2.52. The number of carboxylic acid groups (broad SMARTS) is 2. The molecule has 0 radical (unpaired) electrons. The lowest BCUT2D eigenvalue weighted by Crippen LogP contribution is -2.23. The third-order valence-corrected chi connectivity index (χ3v) is 3.19. The largest absolute Gasteiger partial charge is 0.481 e. The molecule has 86 valence electrons. The first-order valence-electron chi connectivity index (χ1n) is 5.53. The molecular formula is C11H18O4. The molecule has 0 spiro atoms. The average Bonchev–Trinajstić information content (AvgIpc) is 2.17. The molecule has 0 bridgehead atoms. The third kappa shape index (κ3) is 4.32. The van der Waals surface area contributed by atoms with Crippen molar-refractivity contribution >= 4 is 11.9 Å². The fraction of sp³-hybridized carbons (Fsp3) is 0.818. The van der Waals surface area contributed by atoms with Gasteiger partial charge in [0.25, 0.3) is 0 Å². The van der Waals surface area contributed by atoms with E-state index in [9.17, 15) is 9.59 Å². The molecule has 0 aliphatic heterocycles. The van der Waals surface area contributed by atoms with Crippen LogP contribution < -0.4 is 0 Å². The zero-order chi connectivity index (χ0) is 11.3. The van der Waals surface area contributed by atoms with Gasteiger partial charge in [-0.15, -0.1) is 0 Å². The SMILES string of the molecule is O=C(O)CC(CC(=O)O)C1CCCCC1. The van der Waals surface area contributed by atoms with Crippen molar-refractivity contribution in [1.29, 1.82) is 0 Å². The molecule has 4 heteroatoms. The quantitative estimate of drug-likeness (QED) is 0.735. The molecule has 0 saturated heterocycles. The second kappa shape index (κ2) is 5.73. The molecule has 1 aliphatic rings. The maximum atomic E-state index is 10.6. The van der Waals surface area contributed by atoms with E-state index in [1.54, 1.807) is 0 Å². The minimum atomic E-state index is -0.883. The van der Waals surface area contributed by atoms with Crippen molar-refractivity contribution in [1.82, 2.24) is 0 Å². The van der Waals surface area contributed by atoms with Crippen LogP contribution in [0.25, 0.3) is 0 Å². The lowest BCUT2D eigenvalue weighted by Gasteiger charge is -2.28. The second-order valence-corrected chi connectivity index (χ2v) is 4.35. The Labute approximate surface area is 89.3 Å². The molecule has 4 nitrogen and oxygen atoms in total. The van der Waals surface area contributed by atoms with Crippen molar-refractivity contribution in [2.45, 2.75) is 44.9 Å². The highest BCUT2D eigenvalue weighted by molar-refractivity contribution is 5.70. The molecular weight excluding hydrogens is 196 g/mol. The van der Waals surface area contributed by atoms with E-state index in [0.717, 1.165) is 25.7 Å². The van der Waals surface area contributed by atoms with Gasteiger partial charge in [0, 0.05) is 12.8 Å². The van der Waals surface area contributed by atoms with E-state index in [4.69, 9.17) is 10.2 Å². The molecule has 0 aromatic rings. The summed E-state index contributed by atoms with van der Waals surface area (Å²) in [5.41, 5.74) is 0. The van der Waals surface area contributed by atoms with Crippen molar-refractivity contribution < 1.29 is 19.8 Å². The van der Waals surface area contributed by atoms with Crippen molar-refractivity contribution in [2.24, 2.45) is 11.8 Å². The fourth-order valence-corrected chi connectivity index (χ4v) is 2.46. The number of carboxylic acids is 2. The first kappa shape index (κ1) is 12.0. The highest BCUT2D eigenvalue weighted by Crippen LogP contribution is 2.33. The van der Waals surface area contributed by atoms with Gasteiger partial charge in [0.2, 0.25) is 0 Å². The number of hydrogen-bond acceptors (Lipinski definition) is 2. The molecule has 1 fully saturated rings. The van der Waals surface area contributed by atoms with E-state index < -0.39 is 11.9 Å². The Bertz CT molecular complexity index is 215. The maximum absolute atomic E-state index is 10.6. The highest BCUT2D eigenvalue weighted by atomic mass is 16.4. The lowest BCUT2D eigenvalue weighted by molar-refractivity contribution is -0.141. The fourth-order valence-electron chi connectivity index (χ4n) is 2.46. The van der Waals surface area contributed by atoms with Gasteiger partial charge in [-0.05, 0) is 11.8 Å². The smallest absolute Gasteiger partial charge is 0.303 e. The Hall–Kier alpha value is -1.06. The van der Waals surface area contributed by atoms with E-state index in [0.29, 0.717) is 5.92 Å². The zero-order valence-electron chi connectivity index (χ0n) is 8.82. The highest BCUT2D eigenvalue weighted by Gasteiger charge is 2.27. The topological polar surface area (TPSA) is 74.6 Å². The predicted molar refractivity (Wildman–Crippen MR) is 54.6 cm³/mol. The van der Waals surface area contributed by atoms with Gasteiger partial charge in [0.15, 0.2) is 0 Å². The molecule has 0 amide bonds. The van der Waals surface area contributed by atoms with Crippen LogP contribution in [0.1, 0.15) is 44.9 Å². The molecule has 0 heterocycles. The summed E-state index contributed by atoms with van der Waals surface area (Å²) in [6.45, 7) is 0. The van der Waals surface area contributed by atoms with Crippen LogP contribution in [0.2, 0.25) is 0 Å². The van der Waals surface area contributed by atoms with E-state index in [-0.39, 0.29) is 18.8 Å². The number of rotatable bonds is 5. The van der Waals surface area contributed by atoms with Crippen molar-refractivity contribution in [2.75, 3.05) is 0 Å². The van der Waals surface area contributed by atoms with Crippen LogP contribution in [0.15, 0.2) is 0 Å². The number of aliphatic carboxylic acids is 2. The van der Waals surface area contributed by atoms with Crippen LogP contribution in [0.5, 0.6) is 0 Å². The summed E-state index contributed by atoms with van der Waals surface area (Å²) >= 11 is 0. The van der Waals surface area contributed by atoms with Crippen LogP contribution >= 0.6 is 0 Å². The van der Waals surface area contributed by atoms with Gasteiger partial charge >= 0.3 is 11.9 Å². The predicted octanol–water partition coefficient (Wildman–Crippen LogP) is 2.13. The molecule has 0 atom stereocenters. The molecule has 2 N–H and O–H groups in total. The van der Waals surface area contributed by atoms with Gasteiger partial charge in [-0.2, -0.15) is 0 Å². The molecule has 1 saturated carbocycles. The zero-order valence-corrected chi connectivity index (χ0v) is 8.82.